The fourth-order valence-corrected chi connectivity index (χ4v) is 4.40. The Kier molecular flexibility index (Phi) is 6.76. The van der Waals surface area contributed by atoms with Gasteiger partial charge in [-0.05, 0) is 38.2 Å². The minimum atomic E-state index is -0.572. The minimum Gasteiger partial charge on any atom is -0.423 e. The summed E-state index contributed by atoms with van der Waals surface area (Å²) >= 11 is 6.01. The molecule has 1 unspecified atom stereocenters. The van der Waals surface area contributed by atoms with Gasteiger partial charge in [-0.3, -0.25) is 14.9 Å². The van der Waals surface area contributed by atoms with Gasteiger partial charge in [-0.2, -0.15) is 10.1 Å². The van der Waals surface area contributed by atoms with Crippen LogP contribution in [0.3, 0.4) is 0 Å². The van der Waals surface area contributed by atoms with Crippen LogP contribution in [0.1, 0.15) is 29.9 Å². The number of carbonyl (C=O) groups is 2. The van der Waals surface area contributed by atoms with Crippen molar-refractivity contribution in [2.24, 2.45) is 0 Å². The Bertz CT molecular complexity index is 1510. The van der Waals surface area contributed by atoms with Crippen molar-refractivity contribution in [2.45, 2.75) is 19.4 Å². The fourth-order valence-electron chi connectivity index (χ4n) is 4.23. The highest BCUT2D eigenvalue weighted by Crippen LogP contribution is 2.30. The maximum Gasteiger partial charge on any atom is 0.302 e. The first-order chi connectivity index (χ1) is 17.8. The van der Waals surface area contributed by atoms with Gasteiger partial charge in [0.25, 0.3) is 5.91 Å². The number of nitrogens with zero attached hydrogens (tertiary/aromatic N) is 7. The molecular formula is C24H26ClN9O3. The average Bonchev–Trinajstić information content (AvgIpc) is 3.60. The number of halogens is 1. The maximum absolute atomic E-state index is 13.2. The molecule has 1 aliphatic rings. The van der Waals surface area contributed by atoms with E-state index in [0.717, 1.165) is 6.54 Å². The van der Waals surface area contributed by atoms with Gasteiger partial charge in [0.2, 0.25) is 5.91 Å². The monoisotopic (exact) mass is 523 g/mol. The molecule has 0 aliphatic carbocycles. The number of benzene rings is 1. The summed E-state index contributed by atoms with van der Waals surface area (Å²) in [4.78, 5) is 42.4. The van der Waals surface area contributed by atoms with Crippen LogP contribution >= 0.6 is 11.6 Å². The second kappa shape index (κ2) is 10.1. The molecular weight excluding hydrogens is 498 g/mol. The number of anilines is 2. The average molecular weight is 524 g/mol. The summed E-state index contributed by atoms with van der Waals surface area (Å²) in [5, 5.41) is 8.01. The van der Waals surface area contributed by atoms with Crippen LogP contribution in [0.4, 0.5) is 11.8 Å². The number of hydrogen-bond donors (Lipinski definition) is 2. The summed E-state index contributed by atoms with van der Waals surface area (Å²) in [5.74, 6) is -0.511. The van der Waals surface area contributed by atoms with Gasteiger partial charge < -0.3 is 20.0 Å². The lowest BCUT2D eigenvalue weighted by atomic mass is 10.2. The molecule has 0 spiro atoms. The zero-order valence-electron chi connectivity index (χ0n) is 20.4. The van der Waals surface area contributed by atoms with E-state index in [9.17, 15) is 9.59 Å². The number of likely N-dealkylation sites (tertiary alicyclic amines) is 1. The first kappa shape index (κ1) is 24.7. The Hall–Kier alpha value is -4.03. The Morgan fingerprint density at radius 1 is 1.35 bits per heavy atom. The van der Waals surface area contributed by atoms with Gasteiger partial charge in [-0.25, -0.2) is 14.6 Å². The molecule has 1 aromatic carbocycles. The normalized spacial score (nSPS) is 16.0. The number of nitrogens with two attached hydrogens (primary N) is 1. The number of carbonyl (C=O) groups excluding carboxylic acids is 2. The van der Waals surface area contributed by atoms with E-state index in [4.69, 9.17) is 21.8 Å². The maximum atomic E-state index is 13.2. The first-order valence-corrected chi connectivity index (χ1v) is 12.2. The number of fused-ring (bicyclic) bond motifs is 2. The quantitative estimate of drug-likeness (QED) is 0.349. The summed E-state index contributed by atoms with van der Waals surface area (Å²) in [6, 6.07) is 4.79. The van der Waals surface area contributed by atoms with Gasteiger partial charge in [-0.1, -0.05) is 24.6 Å². The first-order valence-electron chi connectivity index (χ1n) is 11.8. The third-order valence-corrected chi connectivity index (χ3v) is 6.58. The van der Waals surface area contributed by atoms with E-state index in [1.807, 2.05) is 13.1 Å². The lowest BCUT2D eigenvalue weighted by molar-refractivity contribution is -0.125. The number of aromatic nitrogens is 5. The fraction of sp³-hybridized carbons (Fsp3) is 0.333. The molecule has 1 fully saturated rings. The molecule has 5 rings (SSSR count). The third kappa shape index (κ3) is 4.98. The summed E-state index contributed by atoms with van der Waals surface area (Å²) in [7, 11) is 1.99. The van der Waals surface area contributed by atoms with E-state index in [1.54, 1.807) is 33.9 Å². The third-order valence-electron chi connectivity index (χ3n) is 6.34. The molecule has 0 radical (unpaired) electrons. The van der Waals surface area contributed by atoms with Gasteiger partial charge >= 0.3 is 6.01 Å². The highest BCUT2D eigenvalue weighted by molar-refractivity contribution is 6.31. The van der Waals surface area contributed by atoms with Crippen molar-refractivity contribution in [1.82, 2.24) is 34.5 Å². The largest absolute Gasteiger partial charge is 0.423 e. The van der Waals surface area contributed by atoms with Crippen molar-refractivity contribution < 1.29 is 14.0 Å². The molecule has 4 aromatic rings. The highest BCUT2D eigenvalue weighted by Gasteiger charge is 2.31. The van der Waals surface area contributed by atoms with Crippen LogP contribution < -0.4 is 11.1 Å². The second-order valence-electron chi connectivity index (χ2n) is 8.82. The van der Waals surface area contributed by atoms with Crippen molar-refractivity contribution >= 4 is 57.4 Å². The van der Waals surface area contributed by atoms with Crippen LogP contribution in [-0.4, -0.2) is 79.6 Å². The zero-order valence-corrected chi connectivity index (χ0v) is 21.1. The SMILES string of the molecule is CCN(C)CC=CC(=O)N1CCC(n2nc(C(=O)Nc3nc4cc(Cl)ccc4o3)c3c(N)ncnc32)C1. The van der Waals surface area contributed by atoms with Crippen LogP contribution in [0.15, 0.2) is 41.1 Å². The Morgan fingerprint density at radius 2 is 2.19 bits per heavy atom. The molecule has 1 aliphatic heterocycles. The minimum absolute atomic E-state index is 0.00136. The topological polar surface area (TPSA) is 148 Å². The standard InChI is InChI=1S/C24H26ClN9O3/c1-3-32(2)9-4-5-18(35)33-10-8-15(12-33)34-22-19(21(26)27-13-28-22)20(31-34)23(36)30-24-29-16-11-14(25)6-7-17(16)37-24/h4-7,11,13,15H,3,8-10,12H2,1-2H3,(H2,26,27,28)(H,29,30,36). The van der Waals surface area contributed by atoms with Gasteiger partial charge in [-0.15, -0.1) is 0 Å². The molecule has 0 bridgehead atoms. The lowest BCUT2D eigenvalue weighted by Crippen LogP contribution is -2.28. The van der Waals surface area contributed by atoms with Crippen LogP contribution in [0.2, 0.25) is 5.02 Å². The van der Waals surface area contributed by atoms with Crippen LogP contribution in [0.25, 0.3) is 22.1 Å². The van der Waals surface area contributed by atoms with Crippen LogP contribution in [0.5, 0.6) is 0 Å². The molecule has 1 atom stereocenters. The molecule has 1 saturated heterocycles. The Balaban J connectivity index is 1.38. The zero-order chi connectivity index (χ0) is 26.1. The summed E-state index contributed by atoms with van der Waals surface area (Å²) in [6.45, 7) is 4.65. The number of hydrogen-bond acceptors (Lipinski definition) is 9. The van der Waals surface area contributed by atoms with Gasteiger partial charge in [0.15, 0.2) is 16.9 Å². The van der Waals surface area contributed by atoms with Gasteiger partial charge in [0, 0.05) is 30.7 Å². The lowest BCUT2D eigenvalue weighted by Gasteiger charge is -2.15. The van der Waals surface area contributed by atoms with E-state index in [-0.39, 0.29) is 29.5 Å². The van der Waals surface area contributed by atoms with Crippen LogP contribution in [0, 0.1) is 0 Å². The van der Waals surface area contributed by atoms with Gasteiger partial charge in [0.1, 0.15) is 17.7 Å². The van der Waals surface area contributed by atoms with Crippen molar-refractivity contribution in [2.75, 3.05) is 44.3 Å². The molecule has 12 nitrogen and oxygen atoms in total. The number of likely N-dealkylation sites (N-methyl/N-ethyl adjacent to an activating group) is 1. The smallest absolute Gasteiger partial charge is 0.302 e. The van der Waals surface area contributed by atoms with Gasteiger partial charge in [0.05, 0.1) is 11.4 Å². The molecule has 3 aromatic heterocycles. The number of rotatable bonds is 7. The van der Waals surface area contributed by atoms with E-state index >= 15 is 0 Å². The van der Waals surface area contributed by atoms with Crippen molar-refractivity contribution in [3.05, 3.63) is 47.4 Å². The summed E-state index contributed by atoms with van der Waals surface area (Å²) in [6.07, 6.45) is 5.44. The molecule has 192 valence electrons. The Labute approximate surface area is 217 Å². The summed E-state index contributed by atoms with van der Waals surface area (Å²) in [5.41, 5.74) is 7.57. The molecule has 0 saturated carbocycles. The number of nitrogens with one attached hydrogen (secondary N) is 1. The Morgan fingerprint density at radius 3 is 3.00 bits per heavy atom. The van der Waals surface area contributed by atoms with Crippen molar-refractivity contribution in [3.63, 3.8) is 0 Å². The van der Waals surface area contributed by atoms with E-state index < -0.39 is 5.91 Å². The van der Waals surface area contributed by atoms with Crippen molar-refractivity contribution in [3.8, 4) is 0 Å². The second-order valence-corrected chi connectivity index (χ2v) is 9.26. The predicted octanol–water partition coefficient (Wildman–Crippen LogP) is 2.74. The highest BCUT2D eigenvalue weighted by atomic mass is 35.5. The van der Waals surface area contributed by atoms with E-state index in [1.165, 1.54) is 6.33 Å². The summed E-state index contributed by atoms with van der Waals surface area (Å²) < 4.78 is 7.25. The van der Waals surface area contributed by atoms with Crippen LogP contribution in [-0.2, 0) is 4.79 Å². The van der Waals surface area contributed by atoms with E-state index in [0.29, 0.717) is 53.2 Å². The molecule has 4 heterocycles. The number of oxazole rings is 1. The molecule has 2 amide bonds. The molecule has 13 heteroatoms. The van der Waals surface area contributed by atoms with Crippen molar-refractivity contribution in [1.29, 1.82) is 0 Å². The number of amides is 2. The number of nitrogen functional groups attached to an aromatic ring is 1. The predicted molar refractivity (Wildman–Crippen MR) is 139 cm³/mol. The molecule has 37 heavy (non-hydrogen) atoms. The van der Waals surface area contributed by atoms with E-state index in [2.05, 4.69) is 37.2 Å². The molecule has 3 N–H and O–H groups in total.